The van der Waals surface area contributed by atoms with Crippen LogP contribution in [0.15, 0.2) is 36.7 Å². The SMILES string of the molecule is Cc1cc(N)ccc1NC(=O)COc1cncc(Cl)c1. The van der Waals surface area contributed by atoms with Crippen LogP contribution in [-0.4, -0.2) is 17.5 Å². The minimum absolute atomic E-state index is 0.119. The third kappa shape index (κ3) is 3.86. The number of ether oxygens (including phenoxy) is 1. The topological polar surface area (TPSA) is 77.2 Å². The molecule has 20 heavy (non-hydrogen) atoms. The molecule has 3 N–H and O–H groups in total. The molecule has 0 atom stereocenters. The van der Waals surface area contributed by atoms with Crippen LogP contribution in [0, 0.1) is 6.92 Å². The Morgan fingerprint density at radius 2 is 2.20 bits per heavy atom. The Kier molecular flexibility index (Phi) is 4.42. The molecule has 2 aromatic rings. The van der Waals surface area contributed by atoms with Crippen molar-refractivity contribution in [2.45, 2.75) is 6.92 Å². The number of aryl methyl sites for hydroxylation is 1. The molecule has 1 aromatic carbocycles. The van der Waals surface area contributed by atoms with Crippen molar-refractivity contribution in [3.8, 4) is 5.75 Å². The number of halogens is 1. The molecule has 1 amide bonds. The summed E-state index contributed by atoms with van der Waals surface area (Å²) in [6.07, 6.45) is 2.99. The number of carbonyl (C=O) groups is 1. The van der Waals surface area contributed by atoms with Gasteiger partial charge in [0, 0.05) is 23.6 Å². The summed E-state index contributed by atoms with van der Waals surface area (Å²) in [7, 11) is 0. The van der Waals surface area contributed by atoms with Gasteiger partial charge in [-0.2, -0.15) is 0 Å². The van der Waals surface area contributed by atoms with Crippen molar-refractivity contribution in [2.24, 2.45) is 0 Å². The summed E-state index contributed by atoms with van der Waals surface area (Å²) in [5.74, 6) is 0.180. The van der Waals surface area contributed by atoms with Crippen LogP contribution in [0.25, 0.3) is 0 Å². The lowest BCUT2D eigenvalue weighted by Crippen LogP contribution is -2.20. The van der Waals surface area contributed by atoms with E-state index in [9.17, 15) is 4.79 Å². The first-order valence-electron chi connectivity index (χ1n) is 5.94. The van der Waals surface area contributed by atoms with Crippen molar-refractivity contribution in [3.05, 3.63) is 47.2 Å². The van der Waals surface area contributed by atoms with E-state index >= 15 is 0 Å². The number of hydrogen-bond donors (Lipinski definition) is 2. The summed E-state index contributed by atoms with van der Waals surface area (Å²) in [6, 6.07) is 6.86. The molecule has 6 heteroatoms. The Morgan fingerprint density at radius 3 is 2.90 bits per heavy atom. The van der Waals surface area contributed by atoms with Crippen LogP contribution in [0.5, 0.6) is 5.75 Å². The summed E-state index contributed by atoms with van der Waals surface area (Å²) in [6.45, 7) is 1.75. The van der Waals surface area contributed by atoms with Gasteiger partial charge >= 0.3 is 0 Å². The largest absolute Gasteiger partial charge is 0.482 e. The molecular weight excluding hydrogens is 278 g/mol. The first-order chi connectivity index (χ1) is 9.54. The predicted octanol–water partition coefficient (Wildman–Crippen LogP) is 2.64. The molecular formula is C14H14ClN3O2. The average Bonchev–Trinajstić information content (AvgIpc) is 2.40. The number of hydrogen-bond acceptors (Lipinski definition) is 4. The van der Waals surface area contributed by atoms with Crippen LogP contribution in [0.4, 0.5) is 11.4 Å². The van der Waals surface area contributed by atoms with Crippen LogP contribution in [0.2, 0.25) is 5.02 Å². The highest BCUT2D eigenvalue weighted by atomic mass is 35.5. The van der Waals surface area contributed by atoms with E-state index in [1.165, 1.54) is 12.4 Å². The van der Waals surface area contributed by atoms with Crippen LogP contribution in [0.1, 0.15) is 5.56 Å². The third-order valence-corrected chi connectivity index (χ3v) is 2.78. The Balaban J connectivity index is 1.92. The van der Waals surface area contributed by atoms with E-state index in [1.54, 1.807) is 24.3 Å². The first kappa shape index (κ1) is 14.1. The molecule has 2 rings (SSSR count). The quantitative estimate of drug-likeness (QED) is 0.849. The summed E-state index contributed by atoms with van der Waals surface area (Å²) in [4.78, 5) is 15.7. The lowest BCUT2D eigenvalue weighted by atomic mass is 10.2. The second-order valence-corrected chi connectivity index (χ2v) is 4.69. The molecule has 0 radical (unpaired) electrons. The standard InChI is InChI=1S/C14H14ClN3O2/c1-9-4-11(16)2-3-13(9)18-14(19)8-20-12-5-10(15)6-17-7-12/h2-7H,8,16H2,1H3,(H,18,19). The summed E-state index contributed by atoms with van der Waals surface area (Å²) < 4.78 is 5.30. The first-order valence-corrected chi connectivity index (χ1v) is 6.32. The van der Waals surface area contributed by atoms with Gasteiger partial charge < -0.3 is 15.8 Å². The van der Waals surface area contributed by atoms with Crippen molar-refractivity contribution in [1.29, 1.82) is 0 Å². The number of aromatic nitrogens is 1. The zero-order chi connectivity index (χ0) is 14.5. The number of benzene rings is 1. The highest BCUT2D eigenvalue weighted by Gasteiger charge is 2.06. The second kappa shape index (κ2) is 6.25. The molecule has 0 saturated carbocycles. The fourth-order valence-electron chi connectivity index (χ4n) is 1.63. The molecule has 104 valence electrons. The molecule has 0 unspecified atom stereocenters. The van der Waals surface area contributed by atoms with Gasteiger partial charge in [0.05, 0.1) is 11.2 Å². The molecule has 0 aliphatic rings. The van der Waals surface area contributed by atoms with E-state index in [0.717, 1.165) is 5.56 Å². The monoisotopic (exact) mass is 291 g/mol. The number of pyridine rings is 1. The normalized spacial score (nSPS) is 10.1. The zero-order valence-corrected chi connectivity index (χ0v) is 11.6. The van der Waals surface area contributed by atoms with E-state index in [4.69, 9.17) is 22.1 Å². The molecule has 0 bridgehead atoms. The highest BCUT2D eigenvalue weighted by Crippen LogP contribution is 2.18. The zero-order valence-electron chi connectivity index (χ0n) is 10.9. The van der Waals surface area contributed by atoms with Crippen molar-refractivity contribution in [1.82, 2.24) is 4.98 Å². The lowest BCUT2D eigenvalue weighted by molar-refractivity contribution is -0.118. The van der Waals surface area contributed by atoms with Gasteiger partial charge in [-0.25, -0.2) is 0 Å². The summed E-state index contributed by atoms with van der Waals surface area (Å²) in [5, 5.41) is 3.21. The van der Waals surface area contributed by atoms with E-state index in [2.05, 4.69) is 10.3 Å². The maximum Gasteiger partial charge on any atom is 0.262 e. The molecule has 0 spiro atoms. The van der Waals surface area contributed by atoms with Crippen LogP contribution in [0.3, 0.4) is 0 Å². The van der Waals surface area contributed by atoms with Crippen molar-refractivity contribution < 1.29 is 9.53 Å². The van der Waals surface area contributed by atoms with Gasteiger partial charge in [0.25, 0.3) is 5.91 Å². The number of nitrogens with one attached hydrogen (secondary N) is 1. The maximum absolute atomic E-state index is 11.8. The van der Waals surface area contributed by atoms with Gasteiger partial charge in [0.15, 0.2) is 6.61 Å². The van der Waals surface area contributed by atoms with Gasteiger partial charge in [0.1, 0.15) is 5.75 Å². The Morgan fingerprint density at radius 1 is 1.40 bits per heavy atom. The van der Waals surface area contributed by atoms with Crippen molar-refractivity contribution in [3.63, 3.8) is 0 Å². The van der Waals surface area contributed by atoms with E-state index in [0.29, 0.717) is 22.1 Å². The predicted molar refractivity (Wildman–Crippen MR) is 79.0 cm³/mol. The lowest BCUT2D eigenvalue weighted by Gasteiger charge is -2.10. The number of anilines is 2. The van der Waals surface area contributed by atoms with Crippen molar-refractivity contribution >= 4 is 28.9 Å². The van der Waals surface area contributed by atoms with E-state index in [-0.39, 0.29) is 12.5 Å². The number of carbonyl (C=O) groups excluding carboxylic acids is 1. The molecule has 0 saturated heterocycles. The number of nitrogens with zero attached hydrogens (tertiary/aromatic N) is 1. The molecule has 0 aliphatic heterocycles. The minimum atomic E-state index is -0.266. The highest BCUT2D eigenvalue weighted by molar-refractivity contribution is 6.30. The fourth-order valence-corrected chi connectivity index (χ4v) is 1.80. The number of nitrogen functional groups attached to an aromatic ring is 1. The Hall–Kier alpha value is -2.27. The minimum Gasteiger partial charge on any atom is -0.482 e. The number of rotatable bonds is 4. The summed E-state index contributed by atoms with van der Waals surface area (Å²) >= 11 is 5.77. The fraction of sp³-hybridized carbons (Fsp3) is 0.143. The van der Waals surface area contributed by atoms with Gasteiger partial charge in [0.2, 0.25) is 0 Å². The van der Waals surface area contributed by atoms with Gasteiger partial charge in [-0.3, -0.25) is 9.78 Å². The van der Waals surface area contributed by atoms with Crippen LogP contribution in [-0.2, 0) is 4.79 Å². The smallest absolute Gasteiger partial charge is 0.262 e. The maximum atomic E-state index is 11.8. The molecule has 1 aromatic heterocycles. The number of nitrogens with two attached hydrogens (primary N) is 1. The third-order valence-electron chi connectivity index (χ3n) is 2.57. The molecule has 0 fully saturated rings. The Labute approximate surface area is 121 Å². The second-order valence-electron chi connectivity index (χ2n) is 4.25. The molecule has 5 nitrogen and oxygen atoms in total. The number of amides is 1. The molecule has 1 heterocycles. The molecule has 0 aliphatic carbocycles. The van der Waals surface area contributed by atoms with E-state index in [1.807, 2.05) is 6.92 Å². The van der Waals surface area contributed by atoms with E-state index < -0.39 is 0 Å². The average molecular weight is 292 g/mol. The van der Waals surface area contributed by atoms with Crippen LogP contribution >= 0.6 is 11.6 Å². The van der Waals surface area contributed by atoms with Gasteiger partial charge in [-0.05, 0) is 30.7 Å². The Bertz CT molecular complexity index is 632. The van der Waals surface area contributed by atoms with Gasteiger partial charge in [-0.15, -0.1) is 0 Å². The summed E-state index contributed by atoms with van der Waals surface area (Å²) in [5.41, 5.74) is 7.90. The van der Waals surface area contributed by atoms with Crippen molar-refractivity contribution in [2.75, 3.05) is 17.7 Å². The van der Waals surface area contributed by atoms with Crippen LogP contribution < -0.4 is 15.8 Å². The van der Waals surface area contributed by atoms with Gasteiger partial charge in [-0.1, -0.05) is 11.6 Å².